The molecule has 2 aromatic rings. The second-order valence-corrected chi connectivity index (χ2v) is 7.93. The fourth-order valence-electron chi connectivity index (χ4n) is 4.65. The van der Waals surface area contributed by atoms with Gasteiger partial charge in [0.25, 0.3) is 11.8 Å². The standard InChI is InChI=1S/C20H24N4O3/c25-19(23-15-10-13-4-5-14(15)22-13)16-8-12-9-17(27-18(12)11-21-16)20(26)24-6-2-1-3-7-24/h8-9,11,13-15,22H,1-7,10H2,(H,23,25)/t13-,14+,15-/m1/s1. The molecule has 0 spiro atoms. The highest BCUT2D eigenvalue weighted by Gasteiger charge is 2.39. The first kappa shape index (κ1) is 16.7. The number of nitrogens with one attached hydrogen (secondary N) is 2. The Morgan fingerprint density at radius 1 is 1.19 bits per heavy atom. The number of amides is 2. The van der Waals surface area contributed by atoms with Crippen LogP contribution in [0.5, 0.6) is 0 Å². The van der Waals surface area contributed by atoms with Crippen LogP contribution >= 0.6 is 0 Å². The lowest BCUT2D eigenvalue weighted by Crippen LogP contribution is -2.43. The average molecular weight is 368 g/mol. The van der Waals surface area contributed by atoms with Crippen LogP contribution in [0.4, 0.5) is 0 Å². The minimum absolute atomic E-state index is 0.0787. The largest absolute Gasteiger partial charge is 0.449 e. The summed E-state index contributed by atoms with van der Waals surface area (Å²) in [6.45, 7) is 1.55. The Morgan fingerprint density at radius 2 is 2.04 bits per heavy atom. The third-order valence-corrected chi connectivity index (χ3v) is 6.11. The lowest BCUT2D eigenvalue weighted by atomic mass is 9.95. The lowest BCUT2D eigenvalue weighted by Gasteiger charge is -2.25. The minimum atomic E-state index is -0.165. The van der Waals surface area contributed by atoms with E-state index >= 15 is 0 Å². The van der Waals surface area contributed by atoms with Gasteiger partial charge in [-0.05, 0) is 50.7 Å². The van der Waals surface area contributed by atoms with Gasteiger partial charge >= 0.3 is 0 Å². The molecule has 2 N–H and O–H groups in total. The average Bonchev–Trinajstić information content (AvgIpc) is 3.42. The van der Waals surface area contributed by atoms with Crippen molar-refractivity contribution >= 4 is 22.8 Å². The van der Waals surface area contributed by atoms with E-state index in [1.165, 1.54) is 19.0 Å². The molecule has 2 amide bonds. The fraction of sp³-hybridized carbons (Fsp3) is 0.550. The molecule has 3 fully saturated rings. The van der Waals surface area contributed by atoms with Gasteiger partial charge in [-0.2, -0.15) is 0 Å². The molecule has 142 valence electrons. The normalized spacial score (nSPS) is 27.3. The first-order valence-corrected chi connectivity index (χ1v) is 9.93. The predicted octanol–water partition coefficient (Wildman–Crippen LogP) is 2.08. The van der Waals surface area contributed by atoms with Crippen molar-refractivity contribution in [3.05, 3.63) is 29.8 Å². The van der Waals surface area contributed by atoms with Crippen molar-refractivity contribution in [1.82, 2.24) is 20.5 Å². The number of piperidine rings is 1. The highest BCUT2D eigenvalue weighted by atomic mass is 16.3. The molecule has 0 radical (unpaired) electrons. The SMILES string of the molecule is O=C(N[C@@H]1C[C@H]2CC[C@@H]1N2)c1cc2cc(C(=O)N3CCCCC3)oc2cn1. The number of fused-ring (bicyclic) bond motifs is 3. The molecule has 3 aliphatic rings. The highest BCUT2D eigenvalue weighted by Crippen LogP contribution is 2.28. The maximum Gasteiger partial charge on any atom is 0.289 e. The van der Waals surface area contributed by atoms with Crippen molar-refractivity contribution in [3.63, 3.8) is 0 Å². The van der Waals surface area contributed by atoms with Crippen molar-refractivity contribution < 1.29 is 14.0 Å². The molecule has 0 saturated carbocycles. The Labute approximate surface area is 157 Å². The maximum atomic E-state index is 12.6. The summed E-state index contributed by atoms with van der Waals surface area (Å²) < 4.78 is 5.70. The molecule has 3 atom stereocenters. The lowest BCUT2D eigenvalue weighted by molar-refractivity contribution is 0.0694. The van der Waals surface area contributed by atoms with E-state index in [2.05, 4.69) is 15.6 Å². The number of aromatic nitrogens is 1. The number of rotatable bonds is 3. The summed E-state index contributed by atoms with van der Waals surface area (Å²) in [5.41, 5.74) is 0.900. The van der Waals surface area contributed by atoms with Crippen LogP contribution in [0.2, 0.25) is 0 Å². The van der Waals surface area contributed by atoms with E-state index in [0.717, 1.165) is 44.2 Å². The van der Waals surface area contributed by atoms with Gasteiger partial charge in [0.05, 0.1) is 6.20 Å². The van der Waals surface area contributed by atoms with Gasteiger partial charge in [-0.15, -0.1) is 0 Å². The number of pyridine rings is 1. The molecule has 2 aromatic heterocycles. The summed E-state index contributed by atoms with van der Waals surface area (Å²) >= 11 is 0. The van der Waals surface area contributed by atoms with Gasteiger partial charge in [0.15, 0.2) is 11.3 Å². The second-order valence-electron chi connectivity index (χ2n) is 7.93. The third-order valence-electron chi connectivity index (χ3n) is 6.11. The topological polar surface area (TPSA) is 87.5 Å². The van der Waals surface area contributed by atoms with Crippen LogP contribution in [-0.2, 0) is 0 Å². The van der Waals surface area contributed by atoms with Gasteiger partial charge in [0.2, 0.25) is 0 Å². The van der Waals surface area contributed by atoms with Gasteiger partial charge in [-0.3, -0.25) is 9.59 Å². The molecular formula is C20H24N4O3. The van der Waals surface area contributed by atoms with E-state index in [4.69, 9.17) is 4.42 Å². The second kappa shape index (κ2) is 6.64. The molecule has 7 nitrogen and oxygen atoms in total. The monoisotopic (exact) mass is 368 g/mol. The number of furan rings is 1. The molecular weight excluding hydrogens is 344 g/mol. The minimum Gasteiger partial charge on any atom is -0.449 e. The molecule has 5 heterocycles. The van der Waals surface area contributed by atoms with Crippen molar-refractivity contribution in [3.8, 4) is 0 Å². The van der Waals surface area contributed by atoms with E-state index < -0.39 is 0 Å². The molecule has 5 rings (SSSR count). The van der Waals surface area contributed by atoms with Gasteiger partial charge in [-0.25, -0.2) is 4.98 Å². The molecule has 0 aromatic carbocycles. The summed E-state index contributed by atoms with van der Waals surface area (Å²) in [5, 5.41) is 7.36. The maximum absolute atomic E-state index is 12.6. The zero-order chi connectivity index (χ0) is 18.4. The zero-order valence-corrected chi connectivity index (χ0v) is 15.2. The van der Waals surface area contributed by atoms with E-state index in [9.17, 15) is 9.59 Å². The summed E-state index contributed by atoms with van der Waals surface area (Å²) in [5.74, 6) is 0.0786. The van der Waals surface area contributed by atoms with Gasteiger partial charge in [-0.1, -0.05) is 0 Å². The van der Waals surface area contributed by atoms with Crippen molar-refractivity contribution in [1.29, 1.82) is 0 Å². The summed E-state index contributed by atoms with van der Waals surface area (Å²) in [7, 11) is 0. The van der Waals surface area contributed by atoms with E-state index in [1.54, 1.807) is 12.1 Å². The Bertz CT molecular complexity index is 886. The predicted molar refractivity (Wildman–Crippen MR) is 99.6 cm³/mol. The van der Waals surface area contributed by atoms with Crippen LogP contribution in [-0.4, -0.2) is 52.9 Å². The fourth-order valence-corrected chi connectivity index (χ4v) is 4.65. The first-order valence-electron chi connectivity index (χ1n) is 9.93. The van der Waals surface area contributed by atoms with Crippen LogP contribution in [0.25, 0.3) is 11.0 Å². The third kappa shape index (κ3) is 3.10. The Morgan fingerprint density at radius 3 is 2.78 bits per heavy atom. The quantitative estimate of drug-likeness (QED) is 0.866. The van der Waals surface area contributed by atoms with Gasteiger partial charge in [0.1, 0.15) is 5.69 Å². The first-order chi connectivity index (χ1) is 13.2. The van der Waals surface area contributed by atoms with Crippen LogP contribution in [0, 0.1) is 0 Å². The summed E-state index contributed by atoms with van der Waals surface area (Å²) in [6, 6.07) is 4.53. The summed E-state index contributed by atoms with van der Waals surface area (Å²) in [4.78, 5) is 31.3. The Hall–Kier alpha value is -2.41. The van der Waals surface area contributed by atoms with Gasteiger partial charge < -0.3 is 20.0 Å². The van der Waals surface area contributed by atoms with Crippen LogP contribution in [0.15, 0.2) is 22.7 Å². The Balaban J connectivity index is 1.32. The van der Waals surface area contributed by atoms with E-state index in [1.807, 2.05) is 4.90 Å². The highest BCUT2D eigenvalue weighted by molar-refractivity contribution is 5.99. The van der Waals surface area contributed by atoms with Crippen molar-refractivity contribution in [2.24, 2.45) is 0 Å². The van der Waals surface area contributed by atoms with Crippen LogP contribution < -0.4 is 10.6 Å². The number of hydrogen-bond acceptors (Lipinski definition) is 5. The van der Waals surface area contributed by atoms with E-state index in [-0.39, 0.29) is 17.9 Å². The molecule has 2 bridgehead atoms. The molecule has 3 aliphatic heterocycles. The zero-order valence-electron chi connectivity index (χ0n) is 15.2. The van der Waals surface area contributed by atoms with Crippen molar-refractivity contribution in [2.75, 3.05) is 13.1 Å². The molecule has 0 aliphatic carbocycles. The molecule has 3 saturated heterocycles. The molecule has 7 heteroatoms. The number of likely N-dealkylation sites (tertiary alicyclic amines) is 1. The summed E-state index contributed by atoms with van der Waals surface area (Å²) in [6.07, 6.45) is 8.08. The van der Waals surface area contributed by atoms with Gasteiger partial charge in [0, 0.05) is 36.6 Å². The smallest absolute Gasteiger partial charge is 0.289 e. The number of carbonyl (C=O) groups is 2. The number of hydrogen-bond donors (Lipinski definition) is 2. The van der Waals surface area contributed by atoms with E-state index in [0.29, 0.717) is 29.1 Å². The number of carbonyl (C=O) groups excluding carboxylic acids is 2. The number of nitrogens with zero attached hydrogens (tertiary/aromatic N) is 2. The molecule has 0 unspecified atom stereocenters. The Kier molecular flexibility index (Phi) is 4.11. The van der Waals surface area contributed by atoms with Crippen molar-refractivity contribution in [2.45, 2.75) is 56.7 Å². The van der Waals surface area contributed by atoms with Crippen LogP contribution in [0.3, 0.4) is 0 Å². The molecule has 27 heavy (non-hydrogen) atoms. The van der Waals surface area contributed by atoms with Crippen LogP contribution in [0.1, 0.15) is 59.6 Å².